The predicted octanol–water partition coefficient (Wildman–Crippen LogP) is 2.57. The van der Waals surface area contributed by atoms with Gasteiger partial charge in [0.1, 0.15) is 17.6 Å². The quantitative estimate of drug-likeness (QED) is 0.535. The van der Waals surface area contributed by atoms with E-state index in [9.17, 15) is 18.0 Å². The van der Waals surface area contributed by atoms with Crippen LogP contribution in [0, 0.1) is 0 Å². The Hall–Kier alpha value is -3.96. The standard InChI is InChI=1S/C19H14F3N7O2/c20-19(21,22)31-12-3-4-13-15(6-12)29(10-25-13)17-24-8-14-16(27-17)28(18(30)26-14)9-11-2-1-5-23-7-11/h1-2,5-8,10H,3-4,9H2,(H,26,30). The van der Waals surface area contributed by atoms with Crippen molar-refractivity contribution in [3.8, 4) is 5.95 Å². The van der Waals surface area contributed by atoms with Gasteiger partial charge in [0.15, 0.2) is 5.65 Å². The molecule has 0 aliphatic heterocycles. The second-order valence-electron chi connectivity index (χ2n) is 6.89. The Morgan fingerprint density at radius 2 is 2.06 bits per heavy atom. The molecule has 0 amide bonds. The van der Waals surface area contributed by atoms with E-state index in [1.807, 2.05) is 6.07 Å². The number of pyridine rings is 1. The normalized spacial score (nSPS) is 13.8. The molecule has 0 unspecified atom stereocenters. The number of nitrogens with zero attached hydrogens (tertiary/aromatic N) is 6. The zero-order valence-electron chi connectivity index (χ0n) is 15.8. The third-order valence-corrected chi connectivity index (χ3v) is 4.81. The third-order valence-electron chi connectivity index (χ3n) is 4.81. The number of hydrogen-bond acceptors (Lipinski definition) is 6. The van der Waals surface area contributed by atoms with Crippen molar-refractivity contribution < 1.29 is 17.9 Å². The summed E-state index contributed by atoms with van der Waals surface area (Å²) in [5.74, 6) is -0.0392. The summed E-state index contributed by atoms with van der Waals surface area (Å²) < 4.78 is 44.8. The van der Waals surface area contributed by atoms with Gasteiger partial charge in [-0.05, 0) is 18.1 Å². The van der Waals surface area contributed by atoms with Crippen LogP contribution in [0.15, 0.2) is 47.6 Å². The Morgan fingerprint density at radius 1 is 1.19 bits per heavy atom. The molecule has 0 saturated heterocycles. The number of allylic oxidation sites excluding steroid dienone is 1. The Kier molecular flexibility index (Phi) is 4.34. The molecule has 5 rings (SSSR count). The fourth-order valence-electron chi connectivity index (χ4n) is 3.47. The highest BCUT2D eigenvalue weighted by Gasteiger charge is 2.33. The number of alkyl halides is 3. The Balaban J connectivity index is 1.56. The van der Waals surface area contributed by atoms with Crippen LogP contribution in [0.25, 0.3) is 23.2 Å². The fraction of sp³-hybridized carbons (Fsp3) is 0.211. The van der Waals surface area contributed by atoms with Gasteiger partial charge in [0.05, 0.1) is 24.1 Å². The van der Waals surface area contributed by atoms with E-state index in [-0.39, 0.29) is 30.4 Å². The van der Waals surface area contributed by atoms with Crippen LogP contribution in [0.4, 0.5) is 13.2 Å². The van der Waals surface area contributed by atoms with Crippen molar-refractivity contribution in [3.05, 3.63) is 70.2 Å². The van der Waals surface area contributed by atoms with Crippen LogP contribution in [0.2, 0.25) is 0 Å². The number of fused-ring (bicyclic) bond motifs is 2. The summed E-state index contributed by atoms with van der Waals surface area (Å²) in [6, 6.07) is 3.60. The zero-order valence-corrected chi connectivity index (χ0v) is 15.8. The SMILES string of the molecule is O=c1[nH]c2cnc(-n3cnc4c3C=C(OC(F)(F)F)CC4)nc2n1Cc1cccnc1. The van der Waals surface area contributed by atoms with Gasteiger partial charge in [-0.3, -0.25) is 14.1 Å². The van der Waals surface area contributed by atoms with E-state index in [1.165, 1.54) is 27.7 Å². The molecule has 1 N–H and O–H groups in total. The predicted molar refractivity (Wildman–Crippen MR) is 102 cm³/mol. The van der Waals surface area contributed by atoms with Gasteiger partial charge in [-0.1, -0.05) is 6.07 Å². The highest BCUT2D eigenvalue weighted by atomic mass is 19.4. The first-order valence-electron chi connectivity index (χ1n) is 9.25. The number of halogens is 3. The Bertz CT molecular complexity index is 1350. The molecular formula is C19H14F3N7O2. The summed E-state index contributed by atoms with van der Waals surface area (Å²) in [5, 5.41) is 0. The van der Waals surface area contributed by atoms with E-state index in [0.29, 0.717) is 29.0 Å². The Labute approximate surface area is 171 Å². The van der Waals surface area contributed by atoms with Gasteiger partial charge >= 0.3 is 12.1 Å². The molecule has 4 aromatic heterocycles. The number of nitrogens with one attached hydrogen (secondary N) is 1. The Morgan fingerprint density at radius 3 is 2.84 bits per heavy atom. The summed E-state index contributed by atoms with van der Waals surface area (Å²) in [5.41, 5.74) is 2.25. The molecule has 1 aliphatic rings. The van der Waals surface area contributed by atoms with E-state index in [1.54, 1.807) is 18.5 Å². The molecule has 0 atom stereocenters. The highest BCUT2D eigenvalue weighted by molar-refractivity contribution is 5.70. The molecule has 4 heterocycles. The fourth-order valence-corrected chi connectivity index (χ4v) is 3.47. The van der Waals surface area contributed by atoms with Crippen molar-refractivity contribution in [1.29, 1.82) is 0 Å². The first-order chi connectivity index (χ1) is 14.9. The molecule has 9 nitrogen and oxygen atoms in total. The van der Waals surface area contributed by atoms with Crippen molar-refractivity contribution in [2.75, 3.05) is 0 Å². The van der Waals surface area contributed by atoms with Crippen molar-refractivity contribution in [2.45, 2.75) is 25.7 Å². The molecule has 158 valence electrons. The maximum atomic E-state index is 12.6. The molecular weight excluding hydrogens is 415 g/mol. The summed E-state index contributed by atoms with van der Waals surface area (Å²) in [4.78, 5) is 32.1. The van der Waals surface area contributed by atoms with Crippen molar-refractivity contribution in [3.63, 3.8) is 0 Å². The van der Waals surface area contributed by atoms with Crippen LogP contribution in [-0.2, 0) is 17.7 Å². The topological polar surface area (TPSA) is 104 Å². The minimum absolute atomic E-state index is 0.0892. The second kappa shape index (κ2) is 7.07. The summed E-state index contributed by atoms with van der Waals surface area (Å²) >= 11 is 0. The lowest BCUT2D eigenvalue weighted by atomic mass is 10.1. The minimum Gasteiger partial charge on any atom is -0.410 e. The molecule has 0 aromatic carbocycles. The van der Waals surface area contributed by atoms with Gasteiger partial charge < -0.3 is 9.72 Å². The molecule has 0 bridgehead atoms. The molecule has 0 saturated carbocycles. The average Bonchev–Trinajstić information content (AvgIpc) is 3.28. The van der Waals surface area contributed by atoms with E-state index < -0.39 is 6.36 Å². The summed E-state index contributed by atoms with van der Waals surface area (Å²) in [7, 11) is 0. The van der Waals surface area contributed by atoms with Gasteiger partial charge in [-0.2, -0.15) is 4.98 Å². The van der Waals surface area contributed by atoms with Crippen molar-refractivity contribution in [1.82, 2.24) is 34.1 Å². The second-order valence-corrected chi connectivity index (χ2v) is 6.89. The lowest BCUT2D eigenvalue weighted by molar-refractivity contribution is -0.306. The molecule has 0 fully saturated rings. The van der Waals surface area contributed by atoms with E-state index in [0.717, 1.165) is 5.56 Å². The summed E-state index contributed by atoms with van der Waals surface area (Å²) in [6.45, 7) is 0.245. The number of imidazole rings is 2. The zero-order chi connectivity index (χ0) is 21.6. The first kappa shape index (κ1) is 19.0. The first-order valence-corrected chi connectivity index (χ1v) is 9.25. The molecule has 0 spiro atoms. The number of aromatic nitrogens is 7. The van der Waals surface area contributed by atoms with E-state index >= 15 is 0 Å². The van der Waals surface area contributed by atoms with Crippen LogP contribution < -0.4 is 5.69 Å². The molecule has 1 aliphatic carbocycles. The van der Waals surface area contributed by atoms with Crippen molar-refractivity contribution in [2.24, 2.45) is 0 Å². The largest absolute Gasteiger partial charge is 0.572 e. The smallest absolute Gasteiger partial charge is 0.410 e. The van der Waals surface area contributed by atoms with Gasteiger partial charge in [0.25, 0.3) is 0 Å². The lowest BCUT2D eigenvalue weighted by Gasteiger charge is -2.16. The van der Waals surface area contributed by atoms with Crippen LogP contribution in [0.1, 0.15) is 23.4 Å². The lowest BCUT2D eigenvalue weighted by Crippen LogP contribution is -2.18. The molecule has 4 aromatic rings. The number of rotatable bonds is 4. The third kappa shape index (κ3) is 3.67. The van der Waals surface area contributed by atoms with Gasteiger partial charge in [-0.15, -0.1) is 13.2 Å². The van der Waals surface area contributed by atoms with Gasteiger partial charge in [0.2, 0.25) is 5.95 Å². The van der Waals surface area contributed by atoms with Crippen LogP contribution >= 0.6 is 0 Å². The van der Waals surface area contributed by atoms with Crippen molar-refractivity contribution >= 4 is 17.2 Å². The number of ether oxygens (including phenoxy) is 1. The van der Waals surface area contributed by atoms with Crippen LogP contribution in [0.5, 0.6) is 0 Å². The summed E-state index contributed by atoms with van der Waals surface area (Å²) in [6.07, 6.45) is 3.07. The minimum atomic E-state index is -4.77. The van der Waals surface area contributed by atoms with Crippen LogP contribution in [0.3, 0.4) is 0 Å². The van der Waals surface area contributed by atoms with Gasteiger partial charge in [-0.25, -0.2) is 14.8 Å². The molecule has 12 heteroatoms. The number of aromatic amines is 1. The van der Waals surface area contributed by atoms with Crippen LogP contribution in [-0.4, -0.2) is 40.4 Å². The van der Waals surface area contributed by atoms with E-state index in [4.69, 9.17) is 0 Å². The number of H-pyrrole nitrogens is 1. The molecule has 31 heavy (non-hydrogen) atoms. The average molecular weight is 429 g/mol. The van der Waals surface area contributed by atoms with Gasteiger partial charge in [0, 0.05) is 24.9 Å². The highest BCUT2D eigenvalue weighted by Crippen LogP contribution is 2.30. The number of hydrogen-bond donors (Lipinski definition) is 1. The number of aryl methyl sites for hydroxylation is 1. The maximum Gasteiger partial charge on any atom is 0.572 e. The molecule has 0 radical (unpaired) electrons. The van der Waals surface area contributed by atoms with E-state index in [2.05, 4.69) is 29.7 Å². The monoisotopic (exact) mass is 429 g/mol. The maximum absolute atomic E-state index is 12.6.